The maximum Gasteiger partial charge on any atom is 0.220 e. The third kappa shape index (κ3) is 7.62. The number of carbonyl (C=O) groups excluding carboxylic acids is 1. The summed E-state index contributed by atoms with van der Waals surface area (Å²) in [4.78, 5) is 12.7. The van der Waals surface area contributed by atoms with Crippen LogP contribution in [0.25, 0.3) is 0 Å². The standard InChI is InChI=1S/C14H22N2O2S.ClH/c1-11(15-2)10-16-14(17)8-9-19-13-6-4-12(18-3)5-7-13;/h4-7,11,15H,8-10H2,1-3H3,(H,16,17);1H. The molecule has 0 bridgehead atoms. The summed E-state index contributed by atoms with van der Waals surface area (Å²) in [6, 6.07) is 8.17. The Morgan fingerprint density at radius 3 is 2.55 bits per heavy atom. The van der Waals surface area contributed by atoms with Crippen molar-refractivity contribution in [1.82, 2.24) is 10.6 Å². The van der Waals surface area contributed by atoms with Gasteiger partial charge in [0.1, 0.15) is 5.75 Å². The number of likely N-dealkylation sites (N-methyl/N-ethyl adjacent to an activating group) is 1. The first kappa shape index (κ1) is 19.1. The second kappa shape index (κ2) is 10.8. The lowest BCUT2D eigenvalue weighted by molar-refractivity contribution is -0.120. The molecule has 0 radical (unpaired) electrons. The molecule has 0 aliphatic rings. The van der Waals surface area contributed by atoms with Crippen molar-refractivity contribution in [3.05, 3.63) is 24.3 Å². The summed E-state index contributed by atoms with van der Waals surface area (Å²) in [6.45, 7) is 2.70. The van der Waals surface area contributed by atoms with Crippen LogP contribution in [0.2, 0.25) is 0 Å². The van der Waals surface area contributed by atoms with E-state index in [1.165, 1.54) is 0 Å². The number of thioether (sulfide) groups is 1. The molecule has 1 aromatic carbocycles. The van der Waals surface area contributed by atoms with Gasteiger partial charge in [-0.15, -0.1) is 24.2 Å². The highest BCUT2D eigenvalue weighted by molar-refractivity contribution is 7.99. The molecule has 0 aliphatic carbocycles. The molecule has 0 saturated heterocycles. The fraction of sp³-hybridized carbons (Fsp3) is 0.500. The van der Waals surface area contributed by atoms with Gasteiger partial charge in [0.15, 0.2) is 0 Å². The molecule has 1 atom stereocenters. The average molecular weight is 319 g/mol. The number of hydrogen-bond acceptors (Lipinski definition) is 4. The van der Waals surface area contributed by atoms with Crippen molar-refractivity contribution in [1.29, 1.82) is 0 Å². The Bertz CT molecular complexity index is 387. The topological polar surface area (TPSA) is 50.4 Å². The van der Waals surface area contributed by atoms with E-state index in [9.17, 15) is 4.79 Å². The molecule has 0 fully saturated rings. The Hall–Kier alpha value is -0.910. The lowest BCUT2D eigenvalue weighted by atomic mass is 10.3. The lowest BCUT2D eigenvalue weighted by Crippen LogP contribution is -2.37. The first-order valence-corrected chi connectivity index (χ1v) is 7.35. The summed E-state index contributed by atoms with van der Waals surface area (Å²) in [5, 5.41) is 5.98. The molecule has 1 unspecified atom stereocenters. The maximum atomic E-state index is 11.6. The van der Waals surface area contributed by atoms with Gasteiger partial charge in [0.2, 0.25) is 5.91 Å². The van der Waals surface area contributed by atoms with Crippen LogP contribution in [0.4, 0.5) is 0 Å². The zero-order chi connectivity index (χ0) is 14.1. The van der Waals surface area contributed by atoms with Crippen LogP contribution in [0.5, 0.6) is 5.75 Å². The average Bonchev–Trinajstić information content (AvgIpc) is 2.45. The van der Waals surface area contributed by atoms with Crippen LogP contribution in [-0.2, 0) is 4.79 Å². The van der Waals surface area contributed by atoms with Crippen LogP contribution in [0.1, 0.15) is 13.3 Å². The molecule has 114 valence electrons. The van der Waals surface area contributed by atoms with Gasteiger partial charge in [0, 0.05) is 29.7 Å². The highest BCUT2D eigenvalue weighted by Crippen LogP contribution is 2.21. The van der Waals surface area contributed by atoms with E-state index >= 15 is 0 Å². The first-order valence-electron chi connectivity index (χ1n) is 6.36. The quantitative estimate of drug-likeness (QED) is 0.722. The molecule has 0 aliphatic heterocycles. The summed E-state index contributed by atoms with van der Waals surface area (Å²) in [6.07, 6.45) is 0.535. The Kier molecular flexibility index (Phi) is 10.3. The number of methoxy groups -OCH3 is 1. The minimum atomic E-state index is 0. The fourth-order valence-electron chi connectivity index (χ4n) is 1.39. The van der Waals surface area contributed by atoms with Crippen LogP contribution in [0, 0.1) is 0 Å². The zero-order valence-electron chi connectivity index (χ0n) is 12.1. The summed E-state index contributed by atoms with van der Waals surface area (Å²) in [7, 11) is 3.54. The van der Waals surface area contributed by atoms with Gasteiger partial charge in [-0.05, 0) is 38.2 Å². The summed E-state index contributed by atoms with van der Waals surface area (Å²) >= 11 is 1.68. The minimum Gasteiger partial charge on any atom is -0.497 e. The van der Waals surface area contributed by atoms with Gasteiger partial charge < -0.3 is 15.4 Å². The number of benzene rings is 1. The van der Waals surface area contributed by atoms with Crippen molar-refractivity contribution in [2.24, 2.45) is 0 Å². The van der Waals surface area contributed by atoms with E-state index in [0.717, 1.165) is 16.4 Å². The first-order chi connectivity index (χ1) is 9.15. The number of carbonyl (C=O) groups is 1. The van der Waals surface area contributed by atoms with E-state index in [4.69, 9.17) is 4.74 Å². The van der Waals surface area contributed by atoms with E-state index in [2.05, 4.69) is 10.6 Å². The molecular weight excluding hydrogens is 296 g/mol. The highest BCUT2D eigenvalue weighted by atomic mass is 35.5. The van der Waals surface area contributed by atoms with E-state index in [1.807, 2.05) is 38.2 Å². The summed E-state index contributed by atoms with van der Waals surface area (Å²) < 4.78 is 5.10. The number of rotatable bonds is 8. The summed E-state index contributed by atoms with van der Waals surface area (Å²) in [5.41, 5.74) is 0. The number of hydrogen-bond donors (Lipinski definition) is 2. The SMILES string of the molecule is CNC(C)CNC(=O)CCSc1ccc(OC)cc1.Cl. The van der Waals surface area contributed by atoms with Crippen molar-refractivity contribution in [2.45, 2.75) is 24.3 Å². The van der Waals surface area contributed by atoms with Crippen molar-refractivity contribution in [2.75, 3.05) is 26.5 Å². The Morgan fingerprint density at radius 1 is 1.35 bits per heavy atom. The maximum absolute atomic E-state index is 11.6. The van der Waals surface area contributed by atoms with Gasteiger partial charge >= 0.3 is 0 Å². The number of amides is 1. The monoisotopic (exact) mass is 318 g/mol. The number of halogens is 1. The van der Waals surface area contributed by atoms with Crippen molar-refractivity contribution < 1.29 is 9.53 Å². The predicted octanol–water partition coefficient (Wildman–Crippen LogP) is 2.32. The lowest BCUT2D eigenvalue weighted by Gasteiger charge is -2.11. The van der Waals surface area contributed by atoms with Gasteiger partial charge in [0.05, 0.1) is 7.11 Å². The van der Waals surface area contributed by atoms with Crippen molar-refractivity contribution >= 4 is 30.1 Å². The molecule has 1 rings (SSSR count). The zero-order valence-corrected chi connectivity index (χ0v) is 13.8. The second-order valence-corrected chi connectivity index (χ2v) is 5.44. The Labute approximate surface area is 131 Å². The largest absolute Gasteiger partial charge is 0.497 e. The third-order valence-corrected chi connectivity index (χ3v) is 3.77. The molecule has 4 nitrogen and oxygen atoms in total. The normalized spacial score (nSPS) is 11.3. The molecule has 1 aromatic rings. The van der Waals surface area contributed by atoms with E-state index < -0.39 is 0 Å². The molecule has 20 heavy (non-hydrogen) atoms. The molecule has 0 saturated carbocycles. The molecule has 6 heteroatoms. The molecule has 0 spiro atoms. The smallest absolute Gasteiger partial charge is 0.220 e. The highest BCUT2D eigenvalue weighted by Gasteiger charge is 2.04. The molecule has 0 aromatic heterocycles. The van der Waals surface area contributed by atoms with E-state index in [0.29, 0.717) is 19.0 Å². The van der Waals surface area contributed by atoms with Crippen LogP contribution in [0.3, 0.4) is 0 Å². The van der Waals surface area contributed by atoms with E-state index in [-0.39, 0.29) is 18.3 Å². The molecule has 1 amide bonds. The van der Waals surface area contributed by atoms with Gasteiger partial charge in [-0.25, -0.2) is 0 Å². The number of nitrogens with one attached hydrogen (secondary N) is 2. The Morgan fingerprint density at radius 2 is 2.00 bits per heavy atom. The summed E-state index contributed by atoms with van der Waals surface area (Å²) in [5.74, 6) is 1.73. The van der Waals surface area contributed by atoms with Crippen molar-refractivity contribution in [3.63, 3.8) is 0 Å². The molecule has 2 N–H and O–H groups in total. The van der Waals surface area contributed by atoms with Crippen LogP contribution in [0.15, 0.2) is 29.2 Å². The molecule has 0 heterocycles. The van der Waals surface area contributed by atoms with Gasteiger partial charge in [-0.3, -0.25) is 4.79 Å². The van der Waals surface area contributed by atoms with Crippen molar-refractivity contribution in [3.8, 4) is 5.75 Å². The predicted molar refractivity (Wildman–Crippen MR) is 87.1 cm³/mol. The van der Waals surface area contributed by atoms with Gasteiger partial charge in [-0.1, -0.05) is 0 Å². The minimum absolute atomic E-state index is 0. The fourth-order valence-corrected chi connectivity index (χ4v) is 2.24. The molecular formula is C14H23ClN2O2S. The van der Waals surface area contributed by atoms with Gasteiger partial charge in [-0.2, -0.15) is 0 Å². The van der Waals surface area contributed by atoms with E-state index in [1.54, 1.807) is 18.9 Å². The number of ether oxygens (including phenoxy) is 1. The third-order valence-electron chi connectivity index (χ3n) is 2.76. The van der Waals surface area contributed by atoms with Crippen LogP contribution < -0.4 is 15.4 Å². The Balaban J connectivity index is 0.00000361. The van der Waals surface area contributed by atoms with Crippen LogP contribution in [-0.4, -0.2) is 38.4 Å². The van der Waals surface area contributed by atoms with Crippen LogP contribution >= 0.6 is 24.2 Å². The second-order valence-electron chi connectivity index (χ2n) is 4.27. The van der Waals surface area contributed by atoms with Gasteiger partial charge in [0.25, 0.3) is 0 Å².